The van der Waals surface area contributed by atoms with Gasteiger partial charge >= 0.3 is 0 Å². The minimum absolute atomic E-state index is 0.206. The van der Waals surface area contributed by atoms with E-state index in [1.807, 2.05) is 30.5 Å². The summed E-state index contributed by atoms with van der Waals surface area (Å²) in [7, 11) is 0. The van der Waals surface area contributed by atoms with Crippen LogP contribution in [0.3, 0.4) is 0 Å². The second-order valence-corrected chi connectivity index (χ2v) is 7.09. The Bertz CT molecular complexity index is 802. The number of nitrogens with one attached hydrogen (secondary N) is 1. The van der Waals surface area contributed by atoms with Gasteiger partial charge in [0.15, 0.2) is 17.5 Å². The van der Waals surface area contributed by atoms with E-state index in [1.165, 1.54) is 0 Å². The molecule has 3 N–H and O–H groups in total. The molecule has 0 saturated carbocycles. The number of ether oxygens (including phenoxy) is 2. The first-order chi connectivity index (χ1) is 12.5. The van der Waals surface area contributed by atoms with Gasteiger partial charge in [-0.25, -0.2) is 0 Å². The van der Waals surface area contributed by atoms with Gasteiger partial charge in [-0.05, 0) is 30.7 Å². The number of rotatable bonds is 4. The van der Waals surface area contributed by atoms with Crippen molar-refractivity contribution >= 4 is 11.6 Å². The summed E-state index contributed by atoms with van der Waals surface area (Å²) in [4.78, 5) is 9.02. The van der Waals surface area contributed by atoms with Crippen LogP contribution in [0.5, 0.6) is 11.5 Å². The van der Waals surface area contributed by atoms with E-state index in [1.54, 1.807) is 0 Å². The molecule has 6 heteroatoms. The third kappa shape index (κ3) is 4.25. The zero-order valence-corrected chi connectivity index (χ0v) is 15.6. The van der Waals surface area contributed by atoms with E-state index in [0.717, 1.165) is 34.9 Å². The van der Waals surface area contributed by atoms with Crippen molar-refractivity contribution in [3.8, 4) is 11.5 Å². The standard InChI is InChI=1S/C20H26N4O2/c1-14-6-4-9-22-18(14)20(2,3)13-23-19(21)24-15-7-8-16-17(12-15)26-11-5-10-25-16/h4,6-9,12H,5,10-11,13H2,1-3H3,(H3,21,23,24). The molecule has 0 bridgehead atoms. The Labute approximate surface area is 154 Å². The van der Waals surface area contributed by atoms with Gasteiger partial charge in [0, 0.05) is 29.8 Å². The van der Waals surface area contributed by atoms with Crippen LogP contribution in [-0.4, -0.2) is 30.7 Å². The Morgan fingerprint density at radius 1 is 1.23 bits per heavy atom. The van der Waals surface area contributed by atoms with Crippen LogP contribution in [0.1, 0.15) is 31.5 Å². The summed E-state index contributed by atoms with van der Waals surface area (Å²) < 4.78 is 11.3. The first kappa shape index (κ1) is 18.0. The molecule has 1 aromatic heterocycles. The Balaban J connectivity index is 1.69. The van der Waals surface area contributed by atoms with Crippen LogP contribution in [0, 0.1) is 6.92 Å². The van der Waals surface area contributed by atoms with Crippen LogP contribution in [0.25, 0.3) is 0 Å². The van der Waals surface area contributed by atoms with Crippen molar-refractivity contribution in [2.24, 2.45) is 10.7 Å². The highest BCUT2D eigenvalue weighted by Gasteiger charge is 2.23. The molecule has 0 saturated heterocycles. The topological polar surface area (TPSA) is 81.8 Å². The predicted octanol–water partition coefficient (Wildman–Crippen LogP) is 3.26. The van der Waals surface area contributed by atoms with Crippen molar-refractivity contribution in [1.29, 1.82) is 0 Å². The Morgan fingerprint density at radius 2 is 2.00 bits per heavy atom. The number of fused-ring (bicyclic) bond motifs is 1. The van der Waals surface area contributed by atoms with Gasteiger partial charge in [0.25, 0.3) is 0 Å². The lowest BCUT2D eigenvalue weighted by molar-refractivity contribution is 0.297. The van der Waals surface area contributed by atoms with Gasteiger partial charge in [0.1, 0.15) is 0 Å². The molecule has 0 aliphatic carbocycles. The molecule has 0 spiro atoms. The molecule has 1 aromatic carbocycles. The average molecular weight is 354 g/mol. The minimum atomic E-state index is -0.206. The molecule has 0 atom stereocenters. The Hall–Kier alpha value is -2.76. The summed E-state index contributed by atoms with van der Waals surface area (Å²) >= 11 is 0. The van der Waals surface area contributed by atoms with Crippen LogP contribution in [0.2, 0.25) is 0 Å². The number of hydrogen-bond acceptors (Lipinski definition) is 4. The third-order valence-corrected chi connectivity index (χ3v) is 4.32. The summed E-state index contributed by atoms with van der Waals surface area (Å²) in [5.41, 5.74) is 8.89. The molecule has 2 aromatic rings. The summed E-state index contributed by atoms with van der Waals surface area (Å²) in [6.07, 6.45) is 2.69. The van der Waals surface area contributed by atoms with E-state index in [2.05, 4.69) is 42.1 Å². The van der Waals surface area contributed by atoms with Crippen molar-refractivity contribution < 1.29 is 9.47 Å². The smallest absolute Gasteiger partial charge is 0.193 e. The second kappa shape index (κ2) is 7.64. The lowest BCUT2D eigenvalue weighted by atomic mass is 9.86. The van der Waals surface area contributed by atoms with Crippen molar-refractivity contribution in [1.82, 2.24) is 4.98 Å². The molecule has 6 nitrogen and oxygen atoms in total. The molecule has 0 fully saturated rings. The number of nitrogens with two attached hydrogens (primary N) is 1. The van der Waals surface area contributed by atoms with Gasteiger partial charge in [0.2, 0.25) is 0 Å². The summed E-state index contributed by atoms with van der Waals surface area (Å²) in [6.45, 7) is 8.16. The van der Waals surface area contributed by atoms with Gasteiger partial charge in [-0.15, -0.1) is 0 Å². The molecular formula is C20H26N4O2. The van der Waals surface area contributed by atoms with E-state index < -0.39 is 0 Å². The van der Waals surface area contributed by atoms with E-state index in [4.69, 9.17) is 15.2 Å². The number of anilines is 1. The lowest BCUT2D eigenvalue weighted by Crippen LogP contribution is -2.29. The Kier molecular flexibility index (Phi) is 5.30. The van der Waals surface area contributed by atoms with Crippen molar-refractivity contribution in [2.75, 3.05) is 25.1 Å². The minimum Gasteiger partial charge on any atom is -0.490 e. The normalized spacial score (nSPS) is 14.7. The SMILES string of the molecule is Cc1cccnc1C(C)(C)CN=C(N)Nc1ccc2c(c1)OCCCO2. The average Bonchev–Trinajstić information content (AvgIpc) is 2.85. The molecule has 0 amide bonds. The predicted molar refractivity (Wildman–Crippen MR) is 104 cm³/mol. The number of aryl methyl sites for hydroxylation is 1. The van der Waals surface area contributed by atoms with Gasteiger partial charge in [0.05, 0.1) is 25.5 Å². The van der Waals surface area contributed by atoms with E-state index in [9.17, 15) is 0 Å². The first-order valence-corrected chi connectivity index (χ1v) is 8.84. The highest BCUT2D eigenvalue weighted by molar-refractivity contribution is 5.92. The van der Waals surface area contributed by atoms with Crippen LogP contribution >= 0.6 is 0 Å². The monoisotopic (exact) mass is 354 g/mol. The molecule has 2 heterocycles. The number of aromatic nitrogens is 1. The summed E-state index contributed by atoms with van der Waals surface area (Å²) in [5.74, 6) is 1.85. The maximum atomic E-state index is 6.08. The molecule has 1 aliphatic rings. The number of nitrogens with zero attached hydrogens (tertiary/aromatic N) is 2. The molecular weight excluding hydrogens is 328 g/mol. The van der Waals surface area contributed by atoms with Crippen LogP contribution in [-0.2, 0) is 5.41 Å². The second-order valence-electron chi connectivity index (χ2n) is 7.09. The van der Waals surface area contributed by atoms with E-state index in [0.29, 0.717) is 25.7 Å². The lowest BCUT2D eigenvalue weighted by Gasteiger charge is -2.23. The number of benzene rings is 1. The van der Waals surface area contributed by atoms with Crippen LogP contribution in [0.15, 0.2) is 41.5 Å². The highest BCUT2D eigenvalue weighted by atomic mass is 16.5. The fraction of sp³-hybridized carbons (Fsp3) is 0.400. The number of guanidine groups is 1. The highest BCUT2D eigenvalue weighted by Crippen LogP contribution is 2.32. The summed E-state index contributed by atoms with van der Waals surface area (Å²) in [5, 5.41) is 3.12. The fourth-order valence-electron chi connectivity index (χ4n) is 2.98. The molecule has 1 aliphatic heterocycles. The number of hydrogen-bond donors (Lipinski definition) is 2. The molecule has 0 radical (unpaired) electrons. The zero-order valence-electron chi connectivity index (χ0n) is 15.6. The van der Waals surface area contributed by atoms with Crippen LogP contribution in [0.4, 0.5) is 5.69 Å². The molecule has 0 unspecified atom stereocenters. The van der Waals surface area contributed by atoms with Gasteiger partial charge in [-0.3, -0.25) is 9.98 Å². The number of pyridine rings is 1. The van der Waals surface area contributed by atoms with E-state index in [-0.39, 0.29) is 5.41 Å². The fourth-order valence-corrected chi connectivity index (χ4v) is 2.98. The molecule has 138 valence electrons. The zero-order chi connectivity index (χ0) is 18.6. The number of aliphatic imine (C=N–C) groups is 1. The Morgan fingerprint density at radius 3 is 2.77 bits per heavy atom. The molecule has 3 rings (SSSR count). The maximum absolute atomic E-state index is 6.08. The van der Waals surface area contributed by atoms with Crippen molar-refractivity contribution in [2.45, 2.75) is 32.6 Å². The first-order valence-electron chi connectivity index (χ1n) is 8.84. The van der Waals surface area contributed by atoms with E-state index >= 15 is 0 Å². The largest absolute Gasteiger partial charge is 0.490 e. The maximum Gasteiger partial charge on any atom is 0.193 e. The summed E-state index contributed by atoms with van der Waals surface area (Å²) in [6, 6.07) is 9.68. The van der Waals surface area contributed by atoms with Crippen molar-refractivity contribution in [3.05, 3.63) is 47.8 Å². The third-order valence-electron chi connectivity index (χ3n) is 4.32. The van der Waals surface area contributed by atoms with Gasteiger partial charge in [-0.1, -0.05) is 19.9 Å². The quantitative estimate of drug-likeness (QED) is 0.650. The van der Waals surface area contributed by atoms with Gasteiger partial charge < -0.3 is 20.5 Å². The molecule has 26 heavy (non-hydrogen) atoms. The van der Waals surface area contributed by atoms with Crippen LogP contribution < -0.4 is 20.5 Å². The van der Waals surface area contributed by atoms with Gasteiger partial charge in [-0.2, -0.15) is 0 Å². The van der Waals surface area contributed by atoms with Crippen molar-refractivity contribution in [3.63, 3.8) is 0 Å².